The number of hydrogen-bond acceptors (Lipinski definition) is 5. The van der Waals surface area contributed by atoms with Crippen LogP contribution in [0.15, 0.2) is 23.8 Å². The van der Waals surface area contributed by atoms with Gasteiger partial charge in [0, 0.05) is 11.6 Å². The van der Waals surface area contributed by atoms with Gasteiger partial charge in [0.05, 0.1) is 29.8 Å². The van der Waals surface area contributed by atoms with Crippen LogP contribution in [0.2, 0.25) is 0 Å². The number of nitriles is 1. The second-order valence-corrected chi connectivity index (χ2v) is 7.45. The Morgan fingerprint density at radius 3 is 3.04 bits per heavy atom. The monoisotopic (exact) mass is 324 g/mol. The van der Waals surface area contributed by atoms with Crippen molar-refractivity contribution in [3.63, 3.8) is 0 Å². The van der Waals surface area contributed by atoms with Crippen LogP contribution >= 0.6 is 0 Å². The second kappa shape index (κ2) is 4.33. The summed E-state index contributed by atoms with van der Waals surface area (Å²) in [6, 6.07) is 6.39. The Balaban J connectivity index is 1.87. The molecule has 5 rings (SSSR count). The molecule has 0 saturated carbocycles. The lowest BCUT2D eigenvalue weighted by Gasteiger charge is -2.61. The van der Waals surface area contributed by atoms with Crippen molar-refractivity contribution in [2.75, 3.05) is 20.7 Å². The first-order chi connectivity index (χ1) is 11.6. The molecule has 1 N–H and O–H groups in total. The Hall–Kier alpha value is -2.03. The van der Waals surface area contributed by atoms with E-state index < -0.39 is 17.1 Å². The molecule has 5 nitrogen and oxygen atoms in total. The average Bonchev–Trinajstić information content (AvgIpc) is 2.93. The molecule has 5 heteroatoms. The zero-order valence-electron chi connectivity index (χ0n) is 13.9. The molecule has 1 spiro atoms. The standard InChI is InChI=1S/C19H20N2O3/c1-21-8-7-18-15-11-3-4-13(23-2)16(15)24-17(18)12(10-20)5-6-19(18,22)14(21)9-11/h3-5,14,17,22H,6-9H2,1-2H3/t14-,17+,18+,19-/m1/s1. The van der Waals surface area contributed by atoms with E-state index in [1.54, 1.807) is 7.11 Å². The first-order valence-corrected chi connectivity index (χ1v) is 8.46. The van der Waals surface area contributed by atoms with E-state index in [4.69, 9.17) is 9.47 Å². The fraction of sp³-hybridized carbons (Fsp3) is 0.526. The van der Waals surface area contributed by atoms with Crippen LogP contribution in [0.4, 0.5) is 0 Å². The molecule has 2 aliphatic carbocycles. The number of hydrogen-bond donors (Lipinski definition) is 1. The lowest BCUT2D eigenvalue weighted by molar-refractivity contribution is -0.157. The molecule has 1 fully saturated rings. The smallest absolute Gasteiger partial charge is 0.166 e. The van der Waals surface area contributed by atoms with Gasteiger partial charge in [0.25, 0.3) is 0 Å². The molecule has 2 heterocycles. The highest BCUT2D eigenvalue weighted by molar-refractivity contribution is 5.65. The summed E-state index contributed by atoms with van der Waals surface area (Å²) in [5.74, 6) is 1.42. The first kappa shape index (κ1) is 14.3. The van der Waals surface area contributed by atoms with Crippen LogP contribution < -0.4 is 9.47 Å². The third kappa shape index (κ3) is 1.31. The van der Waals surface area contributed by atoms with E-state index in [1.165, 1.54) is 5.56 Å². The minimum atomic E-state index is -0.907. The Morgan fingerprint density at radius 2 is 2.29 bits per heavy atom. The van der Waals surface area contributed by atoms with Crippen molar-refractivity contribution >= 4 is 0 Å². The number of aliphatic hydroxyl groups is 1. The molecule has 1 aromatic carbocycles. The summed E-state index contributed by atoms with van der Waals surface area (Å²) in [5.41, 5.74) is 1.49. The third-order valence-corrected chi connectivity index (χ3v) is 6.73. The van der Waals surface area contributed by atoms with Gasteiger partial charge in [-0.15, -0.1) is 0 Å². The topological polar surface area (TPSA) is 65.7 Å². The SMILES string of the molecule is COc1ccc2c3c1O[C@H]1C(C#N)=CC[C@@]4(O)[C@@H](C2)N(C)CC[C@]314. The van der Waals surface area contributed by atoms with Crippen molar-refractivity contribution in [3.05, 3.63) is 34.9 Å². The summed E-state index contributed by atoms with van der Waals surface area (Å²) in [4.78, 5) is 2.26. The zero-order chi connectivity index (χ0) is 16.7. The van der Waals surface area contributed by atoms with Crippen LogP contribution in [0.3, 0.4) is 0 Å². The number of likely N-dealkylation sites (tertiary alicyclic amines) is 1. The quantitative estimate of drug-likeness (QED) is 0.849. The number of benzene rings is 1. The summed E-state index contributed by atoms with van der Waals surface area (Å²) in [7, 11) is 3.72. The maximum Gasteiger partial charge on any atom is 0.166 e. The van der Waals surface area contributed by atoms with Gasteiger partial charge in [-0.25, -0.2) is 0 Å². The van der Waals surface area contributed by atoms with Crippen LogP contribution in [-0.4, -0.2) is 48.5 Å². The van der Waals surface area contributed by atoms with Crippen LogP contribution in [0.5, 0.6) is 11.5 Å². The molecule has 124 valence electrons. The number of rotatable bonds is 1. The minimum absolute atomic E-state index is 0.0423. The maximum atomic E-state index is 11.8. The van der Waals surface area contributed by atoms with Crippen molar-refractivity contribution in [2.45, 2.75) is 42.4 Å². The predicted octanol–water partition coefficient (Wildman–Crippen LogP) is 1.54. The first-order valence-electron chi connectivity index (χ1n) is 8.46. The molecule has 1 aromatic rings. The second-order valence-electron chi connectivity index (χ2n) is 7.45. The summed E-state index contributed by atoms with van der Waals surface area (Å²) in [6.45, 7) is 0.891. The summed E-state index contributed by atoms with van der Waals surface area (Å²) < 4.78 is 11.8. The van der Waals surface area contributed by atoms with Gasteiger partial charge in [0.2, 0.25) is 0 Å². The van der Waals surface area contributed by atoms with E-state index in [-0.39, 0.29) is 6.04 Å². The van der Waals surface area contributed by atoms with Gasteiger partial charge in [-0.1, -0.05) is 12.1 Å². The molecule has 2 bridgehead atoms. The van der Waals surface area contributed by atoms with E-state index >= 15 is 0 Å². The molecule has 4 aliphatic rings. The van der Waals surface area contributed by atoms with Crippen molar-refractivity contribution in [2.24, 2.45) is 0 Å². The Labute approximate surface area is 141 Å². The highest BCUT2D eigenvalue weighted by Gasteiger charge is 2.71. The van der Waals surface area contributed by atoms with Crippen molar-refractivity contribution < 1.29 is 14.6 Å². The number of ether oxygens (including phenoxy) is 2. The van der Waals surface area contributed by atoms with Gasteiger partial charge in [-0.3, -0.25) is 0 Å². The molecule has 0 aromatic heterocycles. The van der Waals surface area contributed by atoms with Crippen molar-refractivity contribution in [1.29, 1.82) is 5.26 Å². The highest BCUT2D eigenvalue weighted by Crippen LogP contribution is 2.65. The van der Waals surface area contributed by atoms with E-state index in [1.807, 2.05) is 12.1 Å². The summed E-state index contributed by atoms with van der Waals surface area (Å²) in [6.07, 6.45) is 3.54. The number of nitrogens with zero attached hydrogens (tertiary/aromatic N) is 2. The summed E-state index contributed by atoms with van der Waals surface area (Å²) in [5, 5.41) is 21.5. The van der Waals surface area contributed by atoms with E-state index in [2.05, 4.69) is 24.1 Å². The molecular formula is C19H20N2O3. The molecule has 24 heavy (non-hydrogen) atoms. The van der Waals surface area contributed by atoms with Crippen molar-refractivity contribution in [3.8, 4) is 17.6 Å². The fourth-order valence-corrected chi connectivity index (χ4v) is 5.63. The predicted molar refractivity (Wildman–Crippen MR) is 87.1 cm³/mol. The molecule has 1 saturated heterocycles. The van der Waals surface area contributed by atoms with Gasteiger partial charge in [-0.2, -0.15) is 5.26 Å². The third-order valence-electron chi connectivity index (χ3n) is 6.73. The Morgan fingerprint density at radius 1 is 1.46 bits per heavy atom. The maximum absolute atomic E-state index is 11.8. The van der Waals surface area contributed by atoms with Crippen molar-refractivity contribution in [1.82, 2.24) is 4.90 Å². The van der Waals surface area contributed by atoms with Crippen LogP contribution in [-0.2, 0) is 11.8 Å². The largest absolute Gasteiger partial charge is 0.493 e. The molecule has 2 aliphatic heterocycles. The lowest BCUT2D eigenvalue weighted by atomic mass is 9.49. The van der Waals surface area contributed by atoms with Crippen LogP contribution in [0.25, 0.3) is 0 Å². The van der Waals surface area contributed by atoms with Gasteiger partial charge < -0.3 is 19.5 Å². The zero-order valence-corrected chi connectivity index (χ0v) is 13.9. The fourth-order valence-electron chi connectivity index (χ4n) is 5.63. The molecular weight excluding hydrogens is 304 g/mol. The Kier molecular flexibility index (Phi) is 2.58. The number of likely N-dealkylation sites (N-methyl/N-ethyl adjacent to an activating group) is 1. The number of piperidine rings is 1. The lowest BCUT2D eigenvalue weighted by Crippen LogP contribution is -2.74. The van der Waals surface area contributed by atoms with E-state index in [9.17, 15) is 10.4 Å². The highest BCUT2D eigenvalue weighted by atomic mass is 16.5. The number of methoxy groups -OCH3 is 1. The van der Waals surface area contributed by atoms with E-state index in [0.717, 1.165) is 30.7 Å². The average molecular weight is 324 g/mol. The molecule has 0 amide bonds. The molecule has 4 atom stereocenters. The minimum Gasteiger partial charge on any atom is -0.493 e. The van der Waals surface area contributed by atoms with Gasteiger partial charge >= 0.3 is 0 Å². The van der Waals surface area contributed by atoms with Gasteiger partial charge in [0.1, 0.15) is 6.10 Å². The van der Waals surface area contributed by atoms with Crippen LogP contribution in [0, 0.1) is 11.3 Å². The van der Waals surface area contributed by atoms with Crippen LogP contribution in [0.1, 0.15) is 24.0 Å². The Bertz CT molecular complexity index is 827. The normalized spacial score (nSPS) is 38.7. The summed E-state index contributed by atoms with van der Waals surface area (Å²) >= 11 is 0. The molecule has 0 radical (unpaired) electrons. The van der Waals surface area contributed by atoms with Gasteiger partial charge in [0.15, 0.2) is 11.5 Å². The van der Waals surface area contributed by atoms with E-state index in [0.29, 0.717) is 17.7 Å². The van der Waals surface area contributed by atoms with Gasteiger partial charge in [-0.05, 0) is 44.5 Å². The molecule has 0 unspecified atom stereocenters.